The number of rotatable bonds is 5. The first-order valence-electron chi connectivity index (χ1n) is 5.78. The second-order valence-electron chi connectivity index (χ2n) is 4.16. The Morgan fingerprint density at radius 1 is 1.57 bits per heavy atom. The first kappa shape index (κ1) is 15.2. The molecule has 0 amide bonds. The molecule has 0 aliphatic rings. The molecular formula is C12H10ClN3O4S. The van der Waals surface area contributed by atoms with Gasteiger partial charge in [0.05, 0.1) is 15.3 Å². The number of carboxylic acid groups (broad SMARTS) is 1. The Labute approximate surface area is 128 Å². The minimum absolute atomic E-state index is 0.155. The monoisotopic (exact) mass is 327 g/mol. The van der Waals surface area contributed by atoms with E-state index in [1.807, 2.05) is 13.0 Å². The average molecular weight is 328 g/mol. The lowest BCUT2D eigenvalue weighted by molar-refractivity contribution is -0.385. The zero-order chi connectivity index (χ0) is 15.6. The fourth-order valence-electron chi connectivity index (χ4n) is 1.70. The van der Waals surface area contributed by atoms with Crippen LogP contribution in [0.5, 0.6) is 0 Å². The minimum atomic E-state index is -1.38. The fraction of sp³-hybridized carbons (Fsp3) is 0.167. The SMILES string of the molecule is CC(Nc1cc(C(=O)O)c([N+](=O)[O-])cn1)c1ccc(Cl)s1. The Bertz CT molecular complexity index is 704. The molecule has 2 N–H and O–H groups in total. The van der Waals surface area contributed by atoms with Gasteiger partial charge in [-0.15, -0.1) is 11.3 Å². The zero-order valence-corrected chi connectivity index (χ0v) is 12.3. The van der Waals surface area contributed by atoms with Crippen LogP contribution >= 0.6 is 22.9 Å². The molecule has 0 spiro atoms. The molecule has 2 aromatic rings. The maximum Gasteiger partial charge on any atom is 0.342 e. The lowest BCUT2D eigenvalue weighted by atomic mass is 10.2. The highest BCUT2D eigenvalue weighted by molar-refractivity contribution is 7.16. The number of pyridine rings is 1. The van der Waals surface area contributed by atoms with Crippen LogP contribution in [0.1, 0.15) is 28.2 Å². The summed E-state index contributed by atoms with van der Waals surface area (Å²) >= 11 is 7.24. The Balaban J connectivity index is 2.27. The van der Waals surface area contributed by atoms with Gasteiger partial charge in [0, 0.05) is 10.9 Å². The Kier molecular flexibility index (Phi) is 4.39. The zero-order valence-electron chi connectivity index (χ0n) is 10.7. The molecule has 1 atom stereocenters. The van der Waals surface area contributed by atoms with Crippen molar-refractivity contribution < 1.29 is 14.8 Å². The predicted octanol–water partition coefficient (Wildman–Crippen LogP) is 3.58. The van der Waals surface area contributed by atoms with Gasteiger partial charge in [-0.05, 0) is 19.1 Å². The van der Waals surface area contributed by atoms with Gasteiger partial charge < -0.3 is 10.4 Å². The number of halogens is 1. The third-order valence-electron chi connectivity index (χ3n) is 2.70. The number of aromatic nitrogens is 1. The maximum absolute atomic E-state index is 11.1. The van der Waals surface area contributed by atoms with Crippen molar-refractivity contribution in [2.45, 2.75) is 13.0 Å². The summed E-state index contributed by atoms with van der Waals surface area (Å²) in [5, 5.41) is 22.8. The number of anilines is 1. The van der Waals surface area contributed by atoms with Gasteiger partial charge in [-0.25, -0.2) is 9.78 Å². The number of nitro groups is 1. The average Bonchev–Trinajstić information content (AvgIpc) is 2.85. The highest BCUT2D eigenvalue weighted by atomic mass is 35.5. The molecule has 0 aliphatic heterocycles. The number of aromatic carboxylic acids is 1. The molecule has 2 rings (SSSR count). The Morgan fingerprint density at radius 2 is 2.29 bits per heavy atom. The van der Waals surface area contributed by atoms with Crippen LogP contribution in [0.3, 0.4) is 0 Å². The fourth-order valence-corrected chi connectivity index (χ4v) is 2.76. The second kappa shape index (κ2) is 6.06. The van der Waals surface area contributed by atoms with Crippen molar-refractivity contribution in [1.29, 1.82) is 0 Å². The summed E-state index contributed by atoms with van der Waals surface area (Å²) in [6.07, 6.45) is 0.930. The normalized spacial score (nSPS) is 11.9. The highest BCUT2D eigenvalue weighted by Crippen LogP contribution is 2.29. The Morgan fingerprint density at radius 3 is 2.81 bits per heavy atom. The molecule has 0 bridgehead atoms. The summed E-state index contributed by atoms with van der Waals surface area (Å²) in [6.45, 7) is 1.85. The number of hydrogen-bond donors (Lipinski definition) is 2. The lowest BCUT2D eigenvalue weighted by Crippen LogP contribution is -2.09. The van der Waals surface area contributed by atoms with Gasteiger partial charge in [-0.1, -0.05) is 11.6 Å². The summed E-state index contributed by atoms with van der Waals surface area (Å²) in [6, 6.07) is 4.59. The number of nitrogens with zero attached hydrogens (tertiary/aromatic N) is 2. The highest BCUT2D eigenvalue weighted by Gasteiger charge is 2.21. The molecule has 2 heterocycles. The number of thiophene rings is 1. The number of carbonyl (C=O) groups is 1. The van der Waals surface area contributed by atoms with E-state index in [9.17, 15) is 14.9 Å². The molecule has 21 heavy (non-hydrogen) atoms. The molecule has 0 fully saturated rings. The molecule has 0 saturated heterocycles. The van der Waals surface area contributed by atoms with Crippen molar-refractivity contribution in [1.82, 2.24) is 4.98 Å². The Hall–Kier alpha value is -2.19. The van der Waals surface area contributed by atoms with Crippen molar-refractivity contribution >= 4 is 40.4 Å². The third-order valence-corrected chi connectivity index (χ3v) is 4.11. The topological polar surface area (TPSA) is 105 Å². The summed E-state index contributed by atoms with van der Waals surface area (Å²) in [7, 11) is 0. The van der Waals surface area contributed by atoms with Crippen LogP contribution in [0, 0.1) is 10.1 Å². The van der Waals surface area contributed by atoms with Gasteiger partial charge in [0.25, 0.3) is 0 Å². The third kappa shape index (κ3) is 3.47. The predicted molar refractivity (Wildman–Crippen MR) is 79.2 cm³/mol. The molecule has 0 radical (unpaired) electrons. The van der Waals surface area contributed by atoms with Crippen LogP contribution in [0.4, 0.5) is 11.5 Å². The van der Waals surface area contributed by atoms with Crippen molar-refractivity contribution in [3.63, 3.8) is 0 Å². The largest absolute Gasteiger partial charge is 0.477 e. The second-order valence-corrected chi connectivity index (χ2v) is 5.90. The summed E-state index contributed by atoms with van der Waals surface area (Å²) in [4.78, 5) is 25.9. The molecular weight excluding hydrogens is 318 g/mol. The van der Waals surface area contributed by atoms with E-state index in [2.05, 4.69) is 10.3 Å². The van der Waals surface area contributed by atoms with Crippen LogP contribution in [0.15, 0.2) is 24.4 Å². The van der Waals surface area contributed by atoms with Gasteiger partial charge in [0.2, 0.25) is 0 Å². The van der Waals surface area contributed by atoms with Crippen LogP contribution in [-0.2, 0) is 0 Å². The molecule has 0 saturated carbocycles. The molecule has 0 aliphatic carbocycles. The standard InChI is InChI=1S/C12H10ClN3O4S/c1-6(9-2-3-10(13)21-9)15-11-4-7(12(17)18)8(5-14-11)16(19)20/h2-6H,1H3,(H,14,15)(H,17,18). The van der Waals surface area contributed by atoms with E-state index < -0.39 is 22.1 Å². The minimum Gasteiger partial charge on any atom is -0.477 e. The van der Waals surface area contributed by atoms with Gasteiger partial charge in [-0.2, -0.15) is 0 Å². The summed E-state index contributed by atoms with van der Waals surface area (Å²) < 4.78 is 0.640. The summed E-state index contributed by atoms with van der Waals surface area (Å²) in [5.41, 5.74) is -0.950. The number of nitrogens with one attached hydrogen (secondary N) is 1. The quantitative estimate of drug-likeness (QED) is 0.642. The molecule has 2 aromatic heterocycles. The summed E-state index contributed by atoms with van der Waals surface area (Å²) in [5.74, 6) is -1.13. The first-order valence-corrected chi connectivity index (χ1v) is 6.97. The van der Waals surface area contributed by atoms with E-state index in [0.29, 0.717) is 4.34 Å². The lowest BCUT2D eigenvalue weighted by Gasteiger charge is -2.13. The van der Waals surface area contributed by atoms with E-state index in [-0.39, 0.29) is 11.9 Å². The molecule has 9 heteroatoms. The number of carboxylic acids is 1. The first-order chi connectivity index (χ1) is 9.88. The molecule has 1 unspecified atom stereocenters. The van der Waals surface area contributed by atoms with E-state index >= 15 is 0 Å². The van der Waals surface area contributed by atoms with Crippen LogP contribution in [0.25, 0.3) is 0 Å². The van der Waals surface area contributed by atoms with Gasteiger partial charge in [0.15, 0.2) is 0 Å². The van der Waals surface area contributed by atoms with Crippen LogP contribution in [0.2, 0.25) is 4.34 Å². The van der Waals surface area contributed by atoms with E-state index in [0.717, 1.165) is 17.1 Å². The van der Waals surface area contributed by atoms with E-state index in [1.54, 1.807) is 6.07 Å². The van der Waals surface area contributed by atoms with Gasteiger partial charge in [-0.3, -0.25) is 10.1 Å². The molecule has 0 aromatic carbocycles. The molecule has 110 valence electrons. The molecule has 7 nitrogen and oxygen atoms in total. The van der Waals surface area contributed by atoms with Gasteiger partial charge >= 0.3 is 11.7 Å². The smallest absolute Gasteiger partial charge is 0.342 e. The van der Waals surface area contributed by atoms with E-state index in [4.69, 9.17) is 16.7 Å². The van der Waals surface area contributed by atoms with Crippen LogP contribution < -0.4 is 5.32 Å². The van der Waals surface area contributed by atoms with Gasteiger partial charge in [0.1, 0.15) is 17.6 Å². The maximum atomic E-state index is 11.1. The van der Waals surface area contributed by atoms with E-state index in [1.165, 1.54) is 11.3 Å². The van der Waals surface area contributed by atoms with Crippen molar-refractivity contribution in [2.24, 2.45) is 0 Å². The number of hydrogen-bond acceptors (Lipinski definition) is 6. The van der Waals surface area contributed by atoms with Crippen molar-refractivity contribution in [2.75, 3.05) is 5.32 Å². The van der Waals surface area contributed by atoms with Crippen LogP contribution in [-0.4, -0.2) is 21.0 Å². The van der Waals surface area contributed by atoms with Crippen molar-refractivity contribution in [3.8, 4) is 0 Å². The van der Waals surface area contributed by atoms with Crippen molar-refractivity contribution in [3.05, 3.63) is 49.3 Å².